The highest BCUT2D eigenvalue weighted by molar-refractivity contribution is 5.83. The van der Waals surface area contributed by atoms with Gasteiger partial charge < -0.3 is 15.7 Å². The molecule has 0 aromatic heterocycles. The number of rotatable bonds is 2. The zero-order chi connectivity index (χ0) is 15.1. The molecular formula is C12H17F3N2O3. The number of aliphatic carboxylic acids is 1. The second kappa shape index (κ2) is 4.91. The number of carbonyl (C=O) groups excluding carboxylic acids is 1. The number of likely N-dealkylation sites (tertiary alicyclic amines) is 1. The summed E-state index contributed by atoms with van der Waals surface area (Å²) >= 11 is 0. The molecule has 1 saturated carbocycles. The summed E-state index contributed by atoms with van der Waals surface area (Å²) in [5.74, 6) is -2.68. The highest BCUT2D eigenvalue weighted by atomic mass is 19.4. The number of nitrogens with zero attached hydrogens (tertiary/aromatic N) is 1. The standard InChI is InChI=1S/C12H17F3N2O3/c13-12(14,15)11(10(19)20)3-4-17(6-11)9(18)7-1-2-8(16)5-7/h7-8H,1-6,16H2,(H,19,20). The number of carbonyl (C=O) groups is 2. The van der Waals surface area contributed by atoms with Crippen LogP contribution in [0.4, 0.5) is 13.2 Å². The summed E-state index contributed by atoms with van der Waals surface area (Å²) in [6.07, 6.45) is -3.76. The van der Waals surface area contributed by atoms with Crippen molar-refractivity contribution in [2.24, 2.45) is 17.1 Å². The van der Waals surface area contributed by atoms with Crippen molar-refractivity contribution < 1.29 is 27.9 Å². The Morgan fingerprint density at radius 3 is 2.35 bits per heavy atom. The highest BCUT2D eigenvalue weighted by Gasteiger charge is 2.64. The Bertz CT molecular complexity index is 427. The predicted octanol–water partition coefficient (Wildman–Crippen LogP) is 0.979. The van der Waals surface area contributed by atoms with Crippen LogP contribution >= 0.6 is 0 Å². The van der Waals surface area contributed by atoms with E-state index in [1.165, 1.54) is 0 Å². The zero-order valence-corrected chi connectivity index (χ0v) is 10.8. The van der Waals surface area contributed by atoms with Gasteiger partial charge in [0.05, 0.1) is 0 Å². The molecule has 1 heterocycles. The Kier molecular flexibility index (Phi) is 3.70. The lowest BCUT2D eigenvalue weighted by Gasteiger charge is -2.28. The number of halogens is 3. The van der Waals surface area contributed by atoms with Crippen molar-refractivity contribution >= 4 is 11.9 Å². The summed E-state index contributed by atoms with van der Waals surface area (Å²) in [7, 11) is 0. The summed E-state index contributed by atoms with van der Waals surface area (Å²) in [6.45, 7) is -0.965. The molecule has 0 aromatic carbocycles. The fraction of sp³-hybridized carbons (Fsp3) is 0.833. The van der Waals surface area contributed by atoms with Crippen LogP contribution in [0, 0.1) is 11.3 Å². The number of carboxylic acid groups (broad SMARTS) is 1. The lowest BCUT2D eigenvalue weighted by Crippen LogP contribution is -2.48. The average Bonchev–Trinajstić information content (AvgIpc) is 2.93. The molecule has 3 unspecified atom stereocenters. The number of alkyl halides is 3. The number of carboxylic acids is 1. The second-order valence-electron chi connectivity index (χ2n) is 5.66. The maximum atomic E-state index is 13.0. The van der Waals surface area contributed by atoms with E-state index in [2.05, 4.69) is 0 Å². The van der Waals surface area contributed by atoms with Crippen molar-refractivity contribution in [2.75, 3.05) is 13.1 Å². The lowest BCUT2D eigenvalue weighted by molar-refractivity contribution is -0.227. The maximum absolute atomic E-state index is 13.0. The van der Waals surface area contributed by atoms with Crippen molar-refractivity contribution in [1.82, 2.24) is 4.90 Å². The van der Waals surface area contributed by atoms with Crippen molar-refractivity contribution in [3.63, 3.8) is 0 Å². The van der Waals surface area contributed by atoms with E-state index < -0.39 is 36.4 Å². The van der Waals surface area contributed by atoms with Crippen LogP contribution in [-0.4, -0.2) is 47.2 Å². The zero-order valence-electron chi connectivity index (χ0n) is 10.8. The van der Waals surface area contributed by atoms with Crippen LogP contribution in [0.15, 0.2) is 0 Å². The van der Waals surface area contributed by atoms with E-state index in [4.69, 9.17) is 10.8 Å². The van der Waals surface area contributed by atoms with Crippen molar-refractivity contribution in [2.45, 2.75) is 37.9 Å². The average molecular weight is 294 g/mol. The summed E-state index contributed by atoms with van der Waals surface area (Å²) < 4.78 is 39.0. The summed E-state index contributed by atoms with van der Waals surface area (Å²) in [6, 6.07) is -0.0987. The SMILES string of the molecule is NC1CCC(C(=O)N2CCC(C(=O)O)(C(F)(F)F)C2)C1. The molecule has 1 aliphatic heterocycles. The third kappa shape index (κ3) is 2.36. The minimum Gasteiger partial charge on any atom is -0.481 e. The largest absolute Gasteiger partial charge is 0.481 e. The van der Waals surface area contributed by atoms with E-state index in [-0.39, 0.29) is 18.5 Å². The topological polar surface area (TPSA) is 83.6 Å². The Hall–Kier alpha value is -1.31. The molecule has 2 rings (SSSR count). The Labute approximate surface area is 113 Å². The van der Waals surface area contributed by atoms with Gasteiger partial charge in [-0.1, -0.05) is 0 Å². The Morgan fingerprint density at radius 2 is 1.95 bits per heavy atom. The third-order valence-corrected chi connectivity index (χ3v) is 4.36. The van der Waals surface area contributed by atoms with Gasteiger partial charge in [-0.2, -0.15) is 13.2 Å². The summed E-state index contributed by atoms with van der Waals surface area (Å²) in [5, 5.41) is 8.93. The van der Waals surface area contributed by atoms with Gasteiger partial charge in [0.1, 0.15) is 0 Å². The molecule has 2 aliphatic rings. The molecule has 0 aromatic rings. The molecule has 114 valence electrons. The van der Waals surface area contributed by atoms with Gasteiger partial charge in [-0.3, -0.25) is 9.59 Å². The van der Waals surface area contributed by atoms with Crippen LogP contribution < -0.4 is 5.73 Å². The minimum atomic E-state index is -4.86. The normalized spacial score (nSPS) is 34.5. The minimum absolute atomic E-state index is 0.0987. The quantitative estimate of drug-likeness (QED) is 0.795. The predicted molar refractivity (Wildman–Crippen MR) is 62.6 cm³/mol. The van der Waals surface area contributed by atoms with Gasteiger partial charge in [-0.05, 0) is 25.7 Å². The van der Waals surface area contributed by atoms with Crippen LogP contribution in [0.3, 0.4) is 0 Å². The van der Waals surface area contributed by atoms with Crippen molar-refractivity contribution in [3.8, 4) is 0 Å². The molecular weight excluding hydrogens is 277 g/mol. The molecule has 5 nitrogen and oxygen atoms in total. The van der Waals surface area contributed by atoms with Crippen molar-refractivity contribution in [1.29, 1.82) is 0 Å². The van der Waals surface area contributed by atoms with E-state index in [0.717, 1.165) is 4.90 Å². The number of hydrogen-bond donors (Lipinski definition) is 2. The summed E-state index contributed by atoms with van der Waals surface area (Å²) in [4.78, 5) is 24.2. The third-order valence-electron chi connectivity index (χ3n) is 4.36. The van der Waals surface area contributed by atoms with Gasteiger partial charge in [0.15, 0.2) is 5.41 Å². The molecule has 1 saturated heterocycles. The number of amides is 1. The van der Waals surface area contributed by atoms with Gasteiger partial charge in [-0.25, -0.2) is 0 Å². The molecule has 3 atom stereocenters. The van der Waals surface area contributed by atoms with Crippen LogP contribution in [-0.2, 0) is 9.59 Å². The van der Waals surface area contributed by atoms with Gasteiger partial charge in [0, 0.05) is 25.0 Å². The fourth-order valence-electron chi connectivity index (χ4n) is 3.02. The molecule has 1 aliphatic carbocycles. The maximum Gasteiger partial charge on any atom is 0.406 e. The van der Waals surface area contributed by atoms with E-state index in [1.54, 1.807) is 0 Å². The number of nitrogens with two attached hydrogens (primary N) is 1. The molecule has 3 N–H and O–H groups in total. The molecule has 0 bridgehead atoms. The van der Waals surface area contributed by atoms with Gasteiger partial charge >= 0.3 is 12.1 Å². The first-order valence-electron chi connectivity index (χ1n) is 6.52. The molecule has 20 heavy (non-hydrogen) atoms. The van der Waals surface area contributed by atoms with E-state index in [0.29, 0.717) is 19.3 Å². The van der Waals surface area contributed by atoms with Crippen LogP contribution in [0.25, 0.3) is 0 Å². The van der Waals surface area contributed by atoms with Crippen LogP contribution in [0.1, 0.15) is 25.7 Å². The van der Waals surface area contributed by atoms with Gasteiger partial charge in [0.25, 0.3) is 0 Å². The Morgan fingerprint density at radius 1 is 1.30 bits per heavy atom. The molecule has 2 fully saturated rings. The lowest BCUT2D eigenvalue weighted by atomic mass is 9.86. The van der Waals surface area contributed by atoms with E-state index in [9.17, 15) is 22.8 Å². The van der Waals surface area contributed by atoms with E-state index in [1.807, 2.05) is 0 Å². The summed E-state index contributed by atoms with van der Waals surface area (Å²) in [5.41, 5.74) is 2.86. The first kappa shape index (κ1) is 15.1. The fourth-order valence-corrected chi connectivity index (χ4v) is 3.02. The van der Waals surface area contributed by atoms with Gasteiger partial charge in [0.2, 0.25) is 5.91 Å². The van der Waals surface area contributed by atoms with Crippen LogP contribution in [0.2, 0.25) is 0 Å². The second-order valence-corrected chi connectivity index (χ2v) is 5.66. The van der Waals surface area contributed by atoms with Crippen LogP contribution in [0.5, 0.6) is 0 Å². The smallest absolute Gasteiger partial charge is 0.406 e. The van der Waals surface area contributed by atoms with Gasteiger partial charge in [-0.15, -0.1) is 0 Å². The molecule has 8 heteroatoms. The van der Waals surface area contributed by atoms with E-state index >= 15 is 0 Å². The Balaban J connectivity index is 2.11. The first-order valence-corrected chi connectivity index (χ1v) is 6.52. The number of hydrogen-bond acceptors (Lipinski definition) is 3. The highest BCUT2D eigenvalue weighted by Crippen LogP contribution is 2.46. The van der Waals surface area contributed by atoms with Crippen molar-refractivity contribution in [3.05, 3.63) is 0 Å². The molecule has 1 amide bonds. The monoisotopic (exact) mass is 294 g/mol. The first-order chi connectivity index (χ1) is 9.17. The molecule has 0 radical (unpaired) electrons. The molecule has 0 spiro atoms.